The van der Waals surface area contributed by atoms with E-state index < -0.39 is 6.61 Å². The van der Waals surface area contributed by atoms with Crippen LogP contribution in [0.3, 0.4) is 0 Å². The zero-order valence-corrected chi connectivity index (χ0v) is 14.0. The topological polar surface area (TPSA) is 68.8 Å². The summed E-state index contributed by atoms with van der Waals surface area (Å²) in [6.07, 6.45) is 2.79. The molecule has 0 bridgehead atoms. The Hall–Kier alpha value is -2.09. The zero-order chi connectivity index (χ0) is 17.8. The number of carbonyl (C=O) groups is 1. The number of nitrogens with one attached hydrogen (secondary N) is 2. The summed E-state index contributed by atoms with van der Waals surface area (Å²) in [5.41, 5.74) is 0.727. The van der Waals surface area contributed by atoms with Gasteiger partial charge in [-0.2, -0.15) is 8.78 Å². The molecule has 0 spiro atoms. The van der Waals surface area contributed by atoms with Crippen LogP contribution in [0.4, 0.5) is 14.5 Å². The van der Waals surface area contributed by atoms with Gasteiger partial charge < -0.3 is 24.8 Å². The molecular formula is C17H22F2N2O4. The normalized spacial score (nSPS) is 22.7. The van der Waals surface area contributed by atoms with Gasteiger partial charge in [-0.05, 0) is 37.3 Å². The third-order valence-electron chi connectivity index (χ3n) is 4.32. The van der Waals surface area contributed by atoms with Gasteiger partial charge in [0.2, 0.25) is 0 Å². The van der Waals surface area contributed by atoms with E-state index >= 15 is 0 Å². The maximum atomic E-state index is 12.5. The van der Waals surface area contributed by atoms with E-state index in [0.717, 1.165) is 18.5 Å². The van der Waals surface area contributed by atoms with Gasteiger partial charge >= 0.3 is 12.6 Å². The molecule has 6 nitrogen and oxygen atoms in total. The Bertz CT molecular complexity index is 610. The number of methoxy groups -OCH3 is 1. The van der Waals surface area contributed by atoms with E-state index in [1.165, 1.54) is 13.2 Å². The van der Waals surface area contributed by atoms with Crippen LogP contribution in [-0.2, 0) is 9.53 Å². The molecule has 2 N–H and O–H groups in total. The van der Waals surface area contributed by atoms with Gasteiger partial charge in [0.05, 0.1) is 13.7 Å². The Morgan fingerprint density at radius 3 is 2.84 bits per heavy atom. The molecule has 2 atom stereocenters. The van der Waals surface area contributed by atoms with Gasteiger partial charge in [0.15, 0.2) is 11.5 Å². The van der Waals surface area contributed by atoms with Crippen molar-refractivity contribution in [1.29, 1.82) is 0 Å². The van der Waals surface area contributed by atoms with Gasteiger partial charge in [0.1, 0.15) is 6.04 Å². The van der Waals surface area contributed by atoms with Crippen molar-refractivity contribution in [3.8, 4) is 11.5 Å². The van der Waals surface area contributed by atoms with Crippen LogP contribution >= 0.6 is 0 Å². The van der Waals surface area contributed by atoms with E-state index in [2.05, 4.69) is 15.4 Å². The van der Waals surface area contributed by atoms with Gasteiger partial charge in [-0.3, -0.25) is 4.79 Å². The van der Waals surface area contributed by atoms with Gasteiger partial charge in [0.25, 0.3) is 0 Å². The summed E-state index contributed by atoms with van der Waals surface area (Å²) in [5.74, 6) is 0.528. The standard InChI is InChI=1S/C17H22F2N2O4/c1-23-16(22)13-6-12(8-20-13)21-11-4-5-14(25-17(18)19)15(7-11)24-9-10-2-3-10/h4-5,7,10,12-13,17,20-21H,2-3,6,8-9H2,1H3/t12-,13-/m0/s1. The molecular weight excluding hydrogens is 334 g/mol. The predicted molar refractivity (Wildman–Crippen MR) is 87.1 cm³/mol. The number of benzene rings is 1. The van der Waals surface area contributed by atoms with Crippen molar-refractivity contribution >= 4 is 11.7 Å². The third kappa shape index (κ3) is 4.94. The summed E-state index contributed by atoms with van der Waals surface area (Å²) in [4.78, 5) is 11.5. The second-order valence-electron chi connectivity index (χ2n) is 6.36. The fourth-order valence-electron chi connectivity index (χ4n) is 2.80. The van der Waals surface area contributed by atoms with Gasteiger partial charge in [-0.15, -0.1) is 0 Å². The molecule has 3 rings (SSSR count). The SMILES string of the molecule is COC(=O)[C@@H]1C[C@H](Nc2ccc(OC(F)F)c(OCC3CC3)c2)CN1. The van der Waals surface area contributed by atoms with Crippen molar-refractivity contribution in [3.05, 3.63) is 18.2 Å². The lowest BCUT2D eigenvalue weighted by Gasteiger charge is -2.17. The van der Waals surface area contributed by atoms with Crippen LogP contribution in [0.2, 0.25) is 0 Å². The number of esters is 1. The fourth-order valence-corrected chi connectivity index (χ4v) is 2.80. The molecule has 0 aromatic heterocycles. The van der Waals surface area contributed by atoms with Crippen LogP contribution in [0, 0.1) is 5.92 Å². The summed E-state index contributed by atoms with van der Waals surface area (Å²) < 4.78 is 40.0. The van der Waals surface area contributed by atoms with E-state index in [0.29, 0.717) is 31.2 Å². The number of alkyl halides is 2. The first kappa shape index (κ1) is 17.7. The molecule has 0 unspecified atom stereocenters. The number of anilines is 1. The summed E-state index contributed by atoms with van der Waals surface area (Å²) in [6, 6.07) is 4.48. The molecule has 138 valence electrons. The minimum atomic E-state index is -2.90. The number of halogens is 2. The Morgan fingerprint density at radius 2 is 2.16 bits per heavy atom. The van der Waals surface area contributed by atoms with Crippen LogP contribution in [0.25, 0.3) is 0 Å². The van der Waals surface area contributed by atoms with Crippen molar-refractivity contribution < 1.29 is 27.8 Å². The Morgan fingerprint density at radius 1 is 1.36 bits per heavy atom. The first-order chi connectivity index (χ1) is 12.0. The van der Waals surface area contributed by atoms with Crippen LogP contribution in [-0.4, -0.2) is 44.9 Å². The minimum Gasteiger partial charge on any atom is -0.489 e. The highest BCUT2D eigenvalue weighted by atomic mass is 19.3. The van der Waals surface area contributed by atoms with E-state index in [4.69, 9.17) is 9.47 Å². The second-order valence-corrected chi connectivity index (χ2v) is 6.36. The molecule has 1 aliphatic carbocycles. The number of rotatable bonds is 8. The predicted octanol–water partition coefficient (Wildman–Crippen LogP) is 2.39. The maximum Gasteiger partial charge on any atom is 0.387 e. The first-order valence-electron chi connectivity index (χ1n) is 8.34. The smallest absolute Gasteiger partial charge is 0.387 e. The van der Waals surface area contributed by atoms with Gasteiger partial charge in [-0.1, -0.05) is 0 Å². The lowest BCUT2D eigenvalue weighted by atomic mass is 10.1. The van der Waals surface area contributed by atoms with Crippen molar-refractivity contribution in [2.24, 2.45) is 5.92 Å². The molecule has 1 aromatic rings. The van der Waals surface area contributed by atoms with E-state index in [-0.39, 0.29) is 23.8 Å². The third-order valence-corrected chi connectivity index (χ3v) is 4.32. The molecule has 25 heavy (non-hydrogen) atoms. The Kier molecular flexibility index (Phi) is 5.57. The quantitative estimate of drug-likeness (QED) is 0.697. The fraction of sp³-hybridized carbons (Fsp3) is 0.588. The molecule has 2 fully saturated rings. The summed E-state index contributed by atoms with van der Waals surface area (Å²) in [6.45, 7) is -1.80. The molecule has 1 aromatic carbocycles. The Labute approximate surface area is 144 Å². The number of carbonyl (C=O) groups excluding carboxylic acids is 1. The molecule has 0 amide bonds. The molecule has 0 radical (unpaired) electrons. The van der Waals surface area contributed by atoms with E-state index in [1.807, 2.05) is 0 Å². The van der Waals surface area contributed by atoms with Crippen LogP contribution < -0.4 is 20.1 Å². The number of ether oxygens (including phenoxy) is 3. The highest BCUT2D eigenvalue weighted by Gasteiger charge is 2.30. The van der Waals surface area contributed by atoms with Gasteiger partial charge in [0, 0.05) is 24.3 Å². The average Bonchev–Trinajstić information content (AvgIpc) is 3.31. The maximum absolute atomic E-state index is 12.5. The highest BCUT2D eigenvalue weighted by Crippen LogP contribution is 2.35. The summed E-state index contributed by atoms with van der Waals surface area (Å²) >= 11 is 0. The van der Waals surface area contributed by atoms with Crippen LogP contribution in [0.1, 0.15) is 19.3 Å². The zero-order valence-electron chi connectivity index (χ0n) is 14.0. The van der Waals surface area contributed by atoms with Crippen molar-refractivity contribution in [3.63, 3.8) is 0 Å². The van der Waals surface area contributed by atoms with Crippen LogP contribution in [0.15, 0.2) is 18.2 Å². The average molecular weight is 356 g/mol. The van der Waals surface area contributed by atoms with Gasteiger partial charge in [-0.25, -0.2) is 0 Å². The largest absolute Gasteiger partial charge is 0.489 e. The van der Waals surface area contributed by atoms with Crippen molar-refractivity contribution in [2.75, 3.05) is 25.6 Å². The molecule has 1 saturated heterocycles. The number of hydrogen-bond acceptors (Lipinski definition) is 6. The first-order valence-corrected chi connectivity index (χ1v) is 8.34. The molecule has 1 heterocycles. The molecule has 2 aliphatic rings. The lowest BCUT2D eigenvalue weighted by Crippen LogP contribution is -2.31. The Balaban J connectivity index is 1.64. The van der Waals surface area contributed by atoms with E-state index in [9.17, 15) is 13.6 Å². The number of hydrogen-bond donors (Lipinski definition) is 2. The minimum absolute atomic E-state index is 0.0261. The van der Waals surface area contributed by atoms with Crippen molar-refractivity contribution in [1.82, 2.24) is 5.32 Å². The van der Waals surface area contributed by atoms with E-state index in [1.54, 1.807) is 12.1 Å². The van der Waals surface area contributed by atoms with Crippen LogP contribution in [0.5, 0.6) is 11.5 Å². The van der Waals surface area contributed by atoms with Crippen molar-refractivity contribution in [2.45, 2.75) is 38.0 Å². The molecule has 1 saturated carbocycles. The summed E-state index contributed by atoms with van der Waals surface area (Å²) in [5, 5.41) is 6.37. The molecule has 8 heteroatoms. The summed E-state index contributed by atoms with van der Waals surface area (Å²) in [7, 11) is 1.36. The highest BCUT2D eigenvalue weighted by molar-refractivity contribution is 5.76. The lowest BCUT2D eigenvalue weighted by molar-refractivity contribution is -0.142. The molecule has 1 aliphatic heterocycles. The second kappa shape index (κ2) is 7.86. The monoisotopic (exact) mass is 356 g/mol.